The SMILES string of the molecule is COc1ncc(C)cc1B(O)O. The number of hydrogen-bond donors (Lipinski definition) is 2. The van der Waals surface area contributed by atoms with Crippen LogP contribution in [0.5, 0.6) is 5.88 Å². The monoisotopic (exact) mass is 167 g/mol. The van der Waals surface area contributed by atoms with Gasteiger partial charge in [-0.15, -0.1) is 0 Å². The van der Waals surface area contributed by atoms with E-state index in [1.165, 1.54) is 7.11 Å². The Labute approximate surface area is 71.0 Å². The second-order valence-electron chi connectivity index (χ2n) is 2.48. The first-order valence-corrected chi connectivity index (χ1v) is 3.52. The highest BCUT2D eigenvalue weighted by atomic mass is 16.5. The number of nitrogens with zero attached hydrogens (tertiary/aromatic N) is 1. The molecule has 0 saturated carbocycles. The fourth-order valence-corrected chi connectivity index (χ4v) is 0.935. The minimum Gasteiger partial charge on any atom is -0.481 e. The maximum absolute atomic E-state index is 8.90. The van der Waals surface area contributed by atoms with E-state index in [9.17, 15) is 0 Å². The van der Waals surface area contributed by atoms with Crippen molar-refractivity contribution in [2.24, 2.45) is 0 Å². The van der Waals surface area contributed by atoms with Crippen LogP contribution in [-0.2, 0) is 0 Å². The average molecular weight is 167 g/mol. The van der Waals surface area contributed by atoms with Gasteiger partial charge >= 0.3 is 7.12 Å². The van der Waals surface area contributed by atoms with E-state index in [0.717, 1.165) is 5.56 Å². The van der Waals surface area contributed by atoms with E-state index in [1.54, 1.807) is 12.3 Å². The van der Waals surface area contributed by atoms with Crippen LogP contribution in [0.4, 0.5) is 0 Å². The number of aryl methyl sites for hydroxylation is 1. The van der Waals surface area contributed by atoms with Gasteiger partial charge in [0.25, 0.3) is 0 Å². The van der Waals surface area contributed by atoms with Gasteiger partial charge in [0.15, 0.2) is 0 Å². The topological polar surface area (TPSA) is 62.6 Å². The molecule has 12 heavy (non-hydrogen) atoms. The van der Waals surface area contributed by atoms with Crippen LogP contribution in [0.1, 0.15) is 5.56 Å². The average Bonchev–Trinajstić information content (AvgIpc) is 2.04. The van der Waals surface area contributed by atoms with Crippen molar-refractivity contribution in [2.45, 2.75) is 6.92 Å². The Morgan fingerprint density at radius 2 is 2.17 bits per heavy atom. The van der Waals surface area contributed by atoms with Gasteiger partial charge in [0, 0.05) is 11.7 Å². The Balaban J connectivity index is 3.12. The predicted molar refractivity (Wildman–Crippen MR) is 45.4 cm³/mol. The molecule has 5 heteroatoms. The molecule has 1 rings (SSSR count). The third kappa shape index (κ3) is 1.75. The summed E-state index contributed by atoms with van der Waals surface area (Å²) in [4.78, 5) is 3.88. The molecule has 1 aromatic rings. The molecule has 0 aromatic carbocycles. The number of ether oxygens (including phenoxy) is 1. The number of aromatic nitrogens is 1. The third-order valence-electron chi connectivity index (χ3n) is 1.49. The standard InChI is InChI=1S/C7H10BNO3/c1-5-3-6(8(10)11)7(12-2)9-4-5/h3-4,10-11H,1-2H3. The Kier molecular flexibility index (Phi) is 2.67. The molecule has 0 atom stereocenters. The molecule has 0 saturated heterocycles. The van der Waals surface area contributed by atoms with E-state index in [1.807, 2.05) is 6.92 Å². The molecule has 64 valence electrons. The fraction of sp³-hybridized carbons (Fsp3) is 0.286. The Morgan fingerprint density at radius 1 is 1.50 bits per heavy atom. The second kappa shape index (κ2) is 3.56. The maximum atomic E-state index is 8.90. The van der Waals surface area contributed by atoms with Crippen molar-refractivity contribution < 1.29 is 14.8 Å². The summed E-state index contributed by atoms with van der Waals surface area (Å²) in [5.74, 6) is 0.246. The van der Waals surface area contributed by atoms with Crippen molar-refractivity contribution in [2.75, 3.05) is 7.11 Å². The third-order valence-corrected chi connectivity index (χ3v) is 1.49. The summed E-state index contributed by atoms with van der Waals surface area (Å²) in [6, 6.07) is 1.62. The van der Waals surface area contributed by atoms with E-state index in [0.29, 0.717) is 0 Å². The largest absolute Gasteiger partial charge is 0.494 e. The molecule has 1 aromatic heterocycles. The summed E-state index contributed by atoms with van der Waals surface area (Å²) < 4.78 is 4.83. The van der Waals surface area contributed by atoms with Crippen molar-refractivity contribution in [3.63, 3.8) is 0 Å². The van der Waals surface area contributed by atoms with Gasteiger partial charge in [-0.25, -0.2) is 4.98 Å². The van der Waals surface area contributed by atoms with Gasteiger partial charge in [0.1, 0.15) is 0 Å². The second-order valence-corrected chi connectivity index (χ2v) is 2.48. The van der Waals surface area contributed by atoms with Gasteiger partial charge < -0.3 is 14.8 Å². The first kappa shape index (κ1) is 9.03. The minimum atomic E-state index is -1.53. The molecule has 0 unspecified atom stereocenters. The summed E-state index contributed by atoms with van der Waals surface area (Å²) in [7, 11) is -0.101. The predicted octanol–water partition coefficient (Wildman–Crippen LogP) is -0.922. The van der Waals surface area contributed by atoms with Crippen LogP contribution in [0.25, 0.3) is 0 Å². The molecular weight excluding hydrogens is 157 g/mol. The van der Waals surface area contributed by atoms with Gasteiger partial charge in [-0.3, -0.25) is 0 Å². The van der Waals surface area contributed by atoms with Gasteiger partial charge in [-0.05, 0) is 12.5 Å². The molecule has 4 nitrogen and oxygen atoms in total. The van der Waals surface area contributed by atoms with Crippen LogP contribution in [0, 0.1) is 6.92 Å². The molecular formula is C7H10BNO3. The van der Waals surface area contributed by atoms with E-state index in [2.05, 4.69) is 4.98 Å². The molecule has 0 spiro atoms. The fourth-order valence-electron chi connectivity index (χ4n) is 0.935. The van der Waals surface area contributed by atoms with Crippen molar-refractivity contribution in [1.29, 1.82) is 0 Å². The van der Waals surface area contributed by atoms with Crippen LogP contribution in [-0.4, -0.2) is 29.3 Å². The molecule has 0 fully saturated rings. The van der Waals surface area contributed by atoms with Crippen molar-refractivity contribution in [3.8, 4) is 5.88 Å². The molecule has 1 heterocycles. The maximum Gasteiger partial charge on any atom is 0.494 e. The van der Waals surface area contributed by atoms with E-state index < -0.39 is 7.12 Å². The molecule has 0 radical (unpaired) electrons. The summed E-state index contributed by atoms with van der Waals surface area (Å²) in [6.45, 7) is 1.82. The lowest BCUT2D eigenvalue weighted by molar-refractivity contribution is 0.391. The smallest absolute Gasteiger partial charge is 0.481 e. The highest BCUT2D eigenvalue weighted by Gasteiger charge is 2.17. The van der Waals surface area contributed by atoms with Crippen molar-refractivity contribution in [3.05, 3.63) is 17.8 Å². The van der Waals surface area contributed by atoms with Crippen LogP contribution < -0.4 is 10.2 Å². The number of rotatable bonds is 2. The first-order chi connectivity index (χ1) is 5.65. The highest BCUT2D eigenvalue weighted by molar-refractivity contribution is 6.59. The van der Waals surface area contributed by atoms with Crippen molar-refractivity contribution in [1.82, 2.24) is 4.98 Å². The molecule has 0 amide bonds. The van der Waals surface area contributed by atoms with Gasteiger partial charge in [0.05, 0.1) is 7.11 Å². The molecule has 2 N–H and O–H groups in total. The van der Waals surface area contributed by atoms with Gasteiger partial charge in [-0.1, -0.05) is 6.07 Å². The van der Waals surface area contributed by atoms with E-state index in [-0.39, 0.29) is 11.3 Å². The molecule has 0 aliphatic rings. The normalized spacial score (nSPS) is 9.67. The molecule has 0 aliphatic heterocycles. The zero-order chi connectivity index (χ0) is 9.14. The Hall–Kier alpha value is -1.07. The number of hydrogen-bond acceptors (Lipinski definition) is 4. The van der Waals surface area contributed by atoms with Crippen LogP contribution in [0.3, 0.4) is 0 Å². The summed E-state index contributed by atoms with van der Waals surface area (Å²) in [5, 5.41) is 17.8. The van der Waals surface area contributed by atoms with Crippen LogP contribution in [0.2, 0.25) is 0 Å². The Bertz CT molecular complexity index is 277. The Morgan fingerprint density at radius 3 is 2.67 bits per heavy atom. The zero-order valence-corrected chi connectivity index (χ0v) is 6.98. The lowest BCUT2D eigenvalue weighted by Gasteiger charge is -2.06. The quantitative estimate of drug-likeness (QED) is 0.559. The summed E-state index contributed by atoms with van der Waals surface area (Å²) in [5.41, 5.74) is 1.15. The highest BCUT2D eigenvalue weighted by Crippen LogP contribution is 2.03. The lowest BCUT2D eigenvalue weighted by Crippen LogP contribution is -2.32. The number of methoxy groups -OCH3 is 1. The van der Waals surface area contributed by atoms with Gasteiger partial charge in [-0.2, -0.15) is 0 Å². The molecule has 0 aliphatic carbocycles. The summed E-state index contributed by atoms with van der Waals surface area (Å²) in [6.07, 6.45) is 1.60. The van der Waals surface area contributed by atoms with Crippen molar-refractivity contribution >= 4 is 12.6 Å². The minimum absolute atomic E-state index is 0.246. The van der Waals surface area contributed by atoms with Crippen LogP contribution in [0.15, 0.2) is 12.3 Å². The summed E-state index contributed by atoms with van der Waals surface area (Å²) >= 11 is 0. The zero-order valence-electron chi connectivity index (χ0n) is 6.98. The van der Waals surface area contributed by atoms with E-state index in [4.69, 9.17) is 14.8 Å². The van der Waals surface area contributed by atoms with Gasteiger partial charge in [0.2, 0.25) is 5.88 Å². The van der Waals surface area contributed by atoms with Crippen LogP contribution >= 0.6 is 0 Å². The molecule has 0 bridgehead atoms. The van der Waals surface area contributed by atoms with E-state index >= 15 is 0 Å². The number of pyridine rings is 1. The lowest BCUT2D eigenvalue weighted by atomic mass is 9.80. The first-order valence-electron chi connectivity index (χ1n) is 3.52.